The normalized spacial score (nSPS) is 22.6. The van der Waals surface area contributed by atoms with Crippen LogP contribution in [0.25, 0.3) is 11.1 Å². The molecule has 0 nitrogen and oxygen atoms in total. The molecular formula is C18H20. The van der Waals surface area contributed by atoms with Crippen LogP contribution in [0.3, 0.4) is 0 Å². The largest absolute Gasteiger partial charge is 0.0620 e. The summed E-state index contributed by atoms with van der Waals surface area (Å²) < 4.78 is 0. The van der Waals surface area contributed by atoms with Crippen LogP contribution in [0.4, 0.5) is 0 Å². The summed E-state index contributed by atoms with van der Waals surface area (Å²) in [5.74, 6) is 1.50. The summed E-state index contributed by atoms with van der Waals surface area (Å²) in [6.07, 6.45) is 2.40. The van der Waals surface area contributed by atoms with Crippen LogP contribution in [0.2, 0.25) is 0 Å². The van der Waals surface area contributed by atoms with Crippen LogP contribution in [0.1, 0.15) is 25.0 Å². The molecule has 0 bridgehead atoms. The van der Waals surface area contributed by atoms with Gasteiger partial charge in [-0.15, -0.1) is 0 Å². The highest BCUT2D eigenvalue weighted by Crippen LogP contribution is 2.35. The molecule has 0 aliphatic heterocycles. The van der Waals surface area contributed by atoms with Gasteiger partial charge in [0.15, 0.2) is 0 Å². The summed E-state index contributed by atoms with van der Waals surface area (Å²) in [5.41, 5.74) is 5.88. The molecule has 2 aromatic rings. The third-order valence-corrected chi connectivity index (χ3v) is 4.38. The van der Waals surface area contributed by atoms with Gasteiger partial charge in [0.25, 0.3) is 0 Å². The highest BCUT2D eigenvalue weighted by molar-refractivity contribution is 5.71. The Morgan fingerprint density at radius 3 is 1.50 bits per heavy atom. The van der Waals surface area contributed by atoms with Crippen molar-refractivity contribution in [2.45, 2.75) is 26.7 Å². The molecule has 0 saturated carbocycles. The van der Waals surface area contributed by atoms with Crippen molar-refractivity contribution in [1.82, 2.24) is 0 Å². The third-order valence-electron chi connectivity index (χ3n) is 4.38. The highest BCUT2D eigenvalue weighted by atomic mass is 14.2. The van der Waals surface area contributed by atoms with Crippen molar-refractivity contribution in [2.24, 2.45) is 11.8 Å². The Balaban J connectivity index is 2.21. The maximum Gasteiger partial charge on any atom is -0.0149 e. The number of hydrogen-bond donors (Lipinski definition) is 0. The standard InChI is InChI=1S/C18H20/c1-13-11-15-7-3-5-9-17(15)18-10-6-4-8-16(18)12-14(13)2/h3-10,13-14H,11-12H2,1-2H3/t13-,14-/m1/s1. The number of fused-ring (bicyclic) bond motifs is 3. The second-order valence-electron chi connectivity index (χ2n) is 5.68. The van der Waals surface area contributed by atoms with Crippen molar-refractivity contribution < 1.29 is 0 Å². The minimum atomic E-state index is 0.750. The predicted octanol–water partition coefficient (Wildman–Crippen LogP) is 4.72. The van der Waals surface area contributed by atoms with E-state index < -0.39 is 0 Å². The van der Waals surface area contributed by atoms with Gasteiger partial charge in [0, 0.05) is 0 Å². The van der Waals surface area contributed by atoms with Crippen LogP contribution in [0.5, 0.6) is 0 Å². The average molecular weight is 236 g/mol. The van der Waals surface area contributed by atoms with Crippen molar-refractivity contribution in [3.8, 4) is 11.1 Å². The van der Waals surface area contributed by atoms with Gasteiger partial charge in [-0.1, -0.05) is 62.4 Å². The van der Waals surface area contributed by atoms with E-state index in [4.69, 9.17) is 0 Å². The molecule has 0 heterocycles. The summed E-state index contributed by atoms with van der Waals surface area (Å²) in [6, 6.07) is 17.8. The fourth-order valence-electron chi connectivity index (χ4n) is 3.02. The van der Waals surface area contributed by atoms with Crippen LogP contribution in [0, 0.1) is 11.8 Å². The van der Waals surface area contributed by atoms with Crippen LogP contribution >= 0.6 is 0 Å². The topological polar surface area (TPSA) is 0 Å². The maximum absolute atomic E-state index is 2.38. The van der Waals surface area contributed by atoms with Crippen LogP contribution in [-0.2, 0) is 12.8 Å². The highest BCUT2D eigenvalue weighted by Gasteiger charge is 2.20. The van der Waals surface area contributed by atoms with Gasteiger partial charge in [-0.2, -0.15) is 0 Å². The number of benzene rings is 2. The SMILES string of the molecule is C[C@@H]1Cc2ccccc2-c2ccccc2C[C@H]1C. The molecule has 0 N–H and O–H groups in total. The van der Waals surface area contributed by atoms with Crippen LogP contribution in [-0.4, -0.2) is 0 Å². The Morgan fingerprint density at radius 1 is 0.667 bits per heavy atom. The smallest absolute Gasteiger partial charge is 0.0149 e. The molecule has 0 radical (unpaired) electrons. The molecule has 1 aliphatic carbocycles. The molecule has 0 heteroatoms. The zero-order chi connectivity index (χ0) is 12.5. The lowest BCUT2D eigenvalue weighted by molar-refractivity contribution is 0.382. The van der Waals surface area contributed by atoms with Gasteiger partial charge in [-0.3, -0.25) is 0 Å². The first-order valence-electron chi connectivity index (χ1n) is 6.92. The molecule has 3 rings (SSSR count). The van der Waals surface area contributed by atoms with Gasteiger partial charge in [0.05, 0.1) is 0 Å². The van der Waals surface area contributed by atoms with E-state index in [1.807, 2.05) is 0 Å². The van der Waals surface area contributed by atoms with Gasteiger partial charge in [-0.25, -0.2) is 0 Å². The summed E-state index contributed by atoms with van der Waals surface area (Å²) >= 11 is 0. The van der Waals surface area contributed by atoms with Crippen LogP contribution < -0.4 is 0 Å². The minimum absolute atomic E-state index is 0.750. The van der Waals surface area contributed by atoms with E-state index in [0.29, 0.717) is 0 Å². The molecule has 2 atom stereocenters. The zero-order valence-corrected chi connectivity index (χ0v) is 11.2. The summed E-state index contributed by atoms with van der Waals surface area (Å²) in [7, 11) is 0. The van der Waals surface area contributed by atoms with E-state index in [-0.39, 0.29) is 0 Å². The van der Waals surface area contributed by atoms with Gasteiger partial charge in [0.1, 0.15) is 0 Å². The summed E-state index contributed by atoms with van der Waals surface area (Å²) in [4.78, 5) is 0. The molecule has 0 spiro atoms. The molecule has 1 aliphatic rings. The van der Waals surface area contributed by atoms with E-state index in [0.717, 1.165) is 11.8 Å². The third kappa shape index (κ3) is 1.96. The van der Waals surface area contributed by atoms with E-state index >= 15 is 0 Å². The van der Waals surface area contributed by atoms with E-state index in [2.05, 4.69) is 62.4 Å². The summed E-state index contributed by atoms with van der Waals surface area (Å²) in [5, 5.41) is 0. The Bertz CT molecular complexity index is 502. The first-order chi connectivity index (χ1) is 8.75. The zero-order valence-electron chi connectivity index (χ0n) is 11.2. The minimum Gasteiger partial charge on any atom is -0.0620 e. The molecule has 18 heavy (non-hydrogen) atoms. The van der Waals surface area contributed by atoms with E-state index in [1.54, 1.807) is 0 Å². The lowest BCUT2D eigenvalue weighted by atomic mass is 9.79. The molecular weight excluding hydrogens is 216 g/mol. The average Bonchev–Trinajstić information content (AvgIpc) is 2.39. The van der Waals surface area contributed by atoms with Gasteiger partial charge < -0.3 is 0 Å². The summed E-state index contributed by atoms with van der Waals surface area (Å²) in [6.45, 7) is 4.77. The van der Waals surface area contributed by atoms with E-state index in [1.165, 1.54) is 35.1 Å². The number of hydrogen-bond acceptors (Lipinski definition) is 0. The predicted molar refractivity (Wildman–Crippen MR) is 77.6 cm³/mol. The Morgan fingerprint density at radius 2 is 1.06 bits per heavy atom. The van der Waals surface area contributed by atoms with Gasteiger partial charge >= 0.3 is 0 Å². The molecule has 0 amide bonds. The van der Waals surface area contributed by atoms with Gasteiger partial charge in [0.2, 0.25) is 0 Å². The molecule has 0 aromatic heterocycles. The first kappa shape index (κ1) is 11.5. The maximum atomic E-state index is 2.38. The van der Waals surface area contributed by atoms with Crippen molar-refractivity contribution >= 4 is 0 Å². The van der Waals surface area contributed by atoms with Crippen molar-refractivity contribution in [3.05, 3.63) is 59.7 Å². The molecule has 0 fully saturated rings. The Labute approximate surface area is 110 Å². The van der Waals surface area contributed by atoms with Crippen molar-refractivity contribution in [2.75, 3.05) is 0 Å². The molecule has 92 valence electrons. The van der Waals surface area contributed by atoms with Gasteiger partial charge in [-0.05, 0) is 46.9 Å². The van der Waals surface area contributed by atoms with Crippen molar-refractivity contribution in [1.29, 1.82) is 0 Å². The molecule has 0 saturated heterocycles. The lowest BCUT2D eigenvalue weighted by Gasteiger charge is -2.26. The van der Waals surface area contributed by atoms with Crippen LogP contribution in [0.15, 0.2) is 48.5 Å². The van der Waals surface area contributed by atoms with E-state index in [9.17, 15) is 0 Å². The molecule has 2 aromatic carbocycles. The fraction of sp³-hybridized carbons (Fsp3) is 0.333. The Kier molecular flexibility index (Phi) is 2.95. The quantitative estimate of drug-likeness (QED) is 0.620. The molecule has 0 unspecified atom stereocenters. The fourth-order valence-corrected chi connectivity index (χ4v) is 3.02. The lowest BCUT2D eigenvalue weighted by Crippen LogP contribution is -2.16. The second-order valence-corrected chi connectivity index (χ2v) is 5.68. The first-order valence-corrected chi connectivity index (χ1v) is 6.92. The monoisotopic (exact) mass is 236 g/mol. The second kappa shape index (κ2) is 4.61. The Hall–Kier alpha value is -1.56. The van der Waals surface area contributed by atoms with Crippen molar-refractivity contribution in [3.63, 3.8) is 0 Å². The number of rotatable bonds is 0.